The summed E-state index contributed by atoms with van der Waals surface area (Å²) in [7, 11) is 0. The van der Waals surface area contributed by atoms with E-state index in [4.69, 9.17) is 0 Å². The molecule has 0 radical (unpaired) electrons. The van der Waals surface area contributed by atoms with Crippen LogP contribution in [0.3, 0.4) is 0 Å². The van der Waals surface area contributed by atoms with Crippen molar-refractivity contribution in [1.29, 1.82) is 0 Å². The zero-order valence-electron chi connectivity index (χ0n) is 13.8. The van der Waals surface area contributed by atoms with Gasteiger partial charge in [-0.25, -0.2) is 0 Å². The molecule has 0 saturated heterocycles. The van der Waals surface area contributed by atoms with Gasteiger partial charge in [-0.15, -0.1) is 0 Å². The monoisotopic (exact) mass is 272 g/mol. The maximum Gasteiger partial charge on any atom is -0.0227 e. The first-order chi connectivity index (χ1) is 9.78. The molecule has 0 bridgehead atoms. The van der Waals surface area contributed by atoms with Crippen LogP contribution in [-0.4, -0.2) is 0 Å². The van der Waals surface area contributed by atoms with E-state index in [1.165, 1.54) is 63.4 Å². The van der Waals surface area contributed by atoms with Crippen molar-refractivity contribution in [3.05, 3.63) is 41.0 Å². The minimum Gasteiger partial charge on any atom is -0.0985 e. The van der Waals surface area contributed by atoms with Crippen LogP contribution in [0.25, 0.3) is 6.08 Å². The Morgan fingerprint density at radius 1 is 0.800 bits per heavy atom. The van der Waals surface area contributed by atoms with Crippen LogP contribution in [0, 0.1) is 0 Å². The molecule has 0 aliphatic rings. The molecule has 0 saturated carbocycles. The van der Waals surface area contributed by atoms with E-state index in [2.05, 4.69) is 39.5 Å². The molecule has 0 spiro atoms. The van der Waals surface area contributed by atoms with Crippen molar-refractivity contribution in [2.24, 2.45) is 0 Å². The van der Waals surface area contributed by atoms with Crippen LogP contribution in [-0.2, 0) is 19.3 Å². The predicted molar refractivity (Wildman–Crippen MR) is 92.4 cm³/mol. The second-order valence-corrected chi connectivity index (χ2v) is 5.79. The van der Waals surface area contributed by atoms with Crippen LogP contribution in [0.1, 0.15) is 81.5 Å². The zero-order valence-corrected chi connectivity index (χ0v) is 13.8. The van der Waals surface area contributed by atoms with Crippen molar-refractivity contribution in [2.75, 3.05) is 0 Å². The molecule has 0 atom stereocenters. The fourth-order valence-corrected chi connectivity index (χ4v) is 2.87. The van der Waals surface area contributed by atoms with Crippen LogP contribution in [0.2, 0.25) is 0 Å². The van der Waals surface area contributed by atoms with Crippen LogP contribution >= 0.6 is 0 Å². The Morgan fingerprint density at radius 3 is 1.90 bits per heavy atom. The van der Waals surface area contributed by atoms with Crippen LogP contribution in [0.4, 0.5) is 0 Å². The predicted octanol–water partition coefficient (Wildman–Crippen LogP) is 6.36. The van der Waals surface area contributed by atoms with Gasteiger partial charge >= 0.3 is 0 Å². The fraction of sp³-hybridized carbons (Fsp3) is 0.600. The Labute approximate surface area is 126 Å². The van der Waals surface area contributed by atoms with Crippen molar-refractivity contribution in [3.8, 4) is 0 Å². The third-order valence-electron chi connectivity index (χ3n) is 4.14. The summed E-state index contributed by atoms with van der Waals surface area (Å²) >= 11 is 0. The van der Waals surface area contributed by atoms with Crippen molar-refractivity contribution < 1.29 is 0 Å². The number of hydrogen-bond acceptors (Lipinski definition) is 0. The van der Waals surface area contributed by atoms with Gasteiger partial charge in [0, 0.05) is 0 Å². The lowest BCUT2D eigenvalue weighted by Gasteiger charge is -2.18. The van der Waals surface area contributed by atoms with Gasteiger partial charge < -0.3 is 0 Å². The average Bonchev–Trinajstić information content (AvgIpc) is 2.48. The lowest BCUT2D eigenvalue weighted by atomic mass is 9.88. The summed E-state index contributed by atoms with van der Waals surface area (Å²) in [5.41, 5.74) is 6.19. The van der Waals surface area contributed by atoms with Gasteiger partial charge in [0.1, 0.15) is 0 Å². The first-order valence-corrected chi connectivity index (χ1v) is 8.54. The molecular formula is C20H32. The summed E-state index contributed by atoms with van der Waals surface area (Å²) in [5.74, 6) is 0. The smallest absolute Gasteiger partial charge is 0.0227 e. The highest BCUT2D eigenvalue weighted by Crippen LogP contribution is 2.26. The van der Waals surface area contributed by atoms with E-state index in [-0.39, 0.29) is 0 Å². The van der Waals surface area contributed by atoms with E-state index in [0.29, 0.717) is 0 Å². The SMILES string of the molecule is C=Cc1ccc(CCCC)c(CCCC)c1CCCC. The molecule has 1 rings (SSSR count). The number of unbranched alkanes of at least 4 members (excludes halogenated alkanes) is 3. The topological polar surface area (TPSA) is 0 Å². The third-order valence-corrected chi connectivity index (χ3v) is 4.14. The molecule has 1 aromatic rings. The van der Waals surface area contributed by atoms with E-state index < -0.39 is 0 Å². The molecule has 112 valence electrons. The molecule has 0 aliphatic heterocycles. The lowest BCUT2D eigenvalue weighted by Crippen LogP contribution is -2.04. The Bertz CT molecular complexity index is 401. The average molecular weight is 272 g/mol. The molecule has 0 N–H and O–H groups in total. The minimum atomic E-state index is 1.22. The van der Waals surface area contributed by atoms with Gasteiger partial charge in [0.25, 0.3) is 0 Å². The molecular weight excluding hydrogens is 240 g/mol. The van der Waals surface area contributed by atoms with Gasteiger partial charge in [-0.1, -0.05) is 64.8 Å². The number of benzene rings is 1. The summed E-state index contributed by atoms with van der Waals surface area (Å²) in [6.45, 7) is 10.9. The molecule has 0 aromatic heterocycles. The molecule has 0 nitrogen and oxygen atoms in total. The first kappa shape index (κ1) is 17.0. The molecule has 0 fully saturated rings. The van der Waals surface area contributed by atoms with E-state index >= 15 is 0 Å². The van der Waals surface area contributed by atoms with Gasteiger partial charge in [0.05, 0.1) is 0 Å². The summed E-state index contributed by atoms with van der Waals surface area (Å²) in [6, 6.07) is 4.64. The van der Waals surface area contributed by atoms with Crippen LogP contribution in [0.5, 0.6) is 0 Å². The van der Waals surface area contributed by atoms with Crippen molar-refractivity contribution >= 4 is 6.08 Å². The van der Waals surface area contributed by atoms with Gasteiger partial charge in [-0.3, -0.25) is 0 Å². The second kappa shape index (κ2) is 9.80. The minimum absolute atomic E-state index is 1.22. The highest BCUT2D eigenvalue weighted by Gasteiger charge is 2.11. The van der Waals surface area contributed by atoms with Crippen LogP contribution in [0.15, 0.2) is 18.7 Å². The second-order valence-electron chi connectivity index (χ2n) is 5.79. The number of aryl methyl sites for hydroxylation is 1. The Morgan fingerprint density at radius 2 is 1.35 bits per heavy atom. The highest BCUT2D eigenvalue weighted by molar-refractivity contribution is 5.56. The molecule has 0 amide bonds. The summed E-state index contributed by atoms with van der Waals surface area (Å²) in [4.78, 5) is 0. The van der Waals surface area contributed by atoms with Crippen LogP contribution < -0.4 is 0 Å². The first-order valence-electron chi connectivity index (χ1n) is 8.54. The number of hydrogen-bond donors (Lipinski definition) is 0. The van der Waals surface area contributed by atoms with Gasteiger partial charge in [-0.2, -0.15) is 0 Å². The maximum absolute atomic E-state index is 4.01. The summed E-state index contributed by atoms with van der Waals surface area (Å²) in [6.07, 6.45) is 13.5. The summed E-state index contributed by atoms with van der Waals surface area (Å²) < 4.78 is 0. The molecule has 20 heavy (non-hydrogen) atoms. The zero-order chi connectivity index (χ0) is 14.8. The fourth-order valence-electron chi connectivity index (χ4n) is 2.87. The van der Waals surface area contributed by atoms with Crippen molar-refractivity contribution in [2.45, 2.75) is 78.6 Å². The Hall–Kier alpha value is -1.04. The highest BCUT2D eigenvalue weighted by atomic mass is 14.2. The Balaban J connectivity index is 3.12. The quantitative estimate of drug-likeness (QED) is 0.465. The van der Waals surface area contributed by atoms with E-state index in [0.717, 1.165) is 0 Å². The largest absolute Gasteiger partial charge is 0.0985 e. The van der Waals surface area contributed by atoms with Gasteiger partial charge in [0.15, 0.2) is 0 Å². The molecule has 0 aliphatic carbocycles. The Kier molecular flexibility index (Phi) is 8.34. The number of rotatable bonds is 10. The summed E-state index contributed by atoms with van der Waals surface area (Å²) in [5, 5.41) is 0. The van der Waals surface area contributed by atoms with Crippen molar-refractivity contribution in [3.63, 3.8) is 0 Å². The standard InChI is InChI=1S/C20H32/c1-5-9-12-18-16-15-17(8-4)19(13-10-6-2)20(18)14-11-7-3/h8,15-16H,4-7,9-14H2,1-3H3. The molecule has 1 aromatic carbocycles. The van der Waals surface area contributed by atoms with E-state index in [1.54, 1.807) is 16.7 Å². The normalized spacial score (nSPS) is 10.8. The van der Waals surface area contributed by atoms with Gasteiger partial charge in [-0.05, 0) is 60.8 Å². The van der Waals surface area contributed by atoms with E-state index in [9.17, 15) is 0 Å². The molecule has 0 heteroatoms. The molecule has 0 heterocycles. The van der Waals surface area contributed by atoms with Gasteiger partial charge in [0.2, 0.25) is 0 Å². The van der Waals surface area contributed by atoms with E-state index in [1.807, 2.05) is 6.08 Å². The third kappa shape index (κ3) is 4.81. The molecule has 0 unspecified atom stereocenters. The lowest BCUT2D eigenvalue weighted by molar-refractivity contribution is 0.734. The van der Waals surface area contributed by atoms with Crippen molar-refractivity contribution in [1.82, 2.24) is 0 Å². The maximum atomic E-state index is 4.01.